The molecule has 0 unspecified atom stereocenters. The second-order valence-electron chi connectivity index (χ2n) is 3.66. The molecule has 8 heteroatoms. The second-order valence-corrected chi connectivity index (χ2v) is 5.21. The Morgan fingerprint density at radius 1 is 1.47 bits per heavy atom. The van der Waals surface area contributed by atoms with Crippen molar-refractivity contribution in [1.82, 2.24) is 0 Å². The molecule has 0 aliphatic heterocycles. The smallest absolute Gasteiger partial charge is 0.402 e. The van der Waals surface area contributed by atoms with E-state index in [1.54, 1.807) is 6.08 Å². The van der Waals surface area contributed by atoms with E-state index < -0.39 is 27.9 Å². The molecule has 0 aromatic carbocycles. The van der Waals surface area contributed by atoms with Crippen LogP contribution in [0.15, 0.2) is 11.6 Å². The maximum Gasteiger partial charge on any atom is 0.402 e. The van der Waals surface area contributed by atoms with Crippen molar-refractivity contribution in [3.8, 4) is 0 Å². The Hall–Kier alpha value is -1.02. The van der Waals surface area contributed by atoms with Crippen molar-refractivity contribution >= 4 is 16.1 Å². The number of allylic oxidation sites excluding steroid dienone is 1. The minimum atomic E-state index is -5.56. The Morgan fingerprint density at radius 3 is 2.59 bits per heavy atom. The molecule has 1 aliphatic rings. The number of carbonyl (C=O) groups excluding carboxylic acids is 1. The molecule has 0 saturated carbocycles. The first-order chi connectivity index (χ1) is 7.74. The Morgan fingerprint density at radius 2 is 2.12 bits per heavy atom. The number of halogens is 2. The van der Waals surface area contributed by atoms with E-state index in [0.717, 1.165) is 12.8 Å². The Labute approximate surface area is 97.2 Å². The van der Waals surface area contributed by atoms with Crippen LogP contribution in [-0.2, 0) is 19.6 Å². The van der Waals surface area contributed by atoms with Gasteiger partial charge in [0.2, 0.25) is 0 Å². The molecule has 0 atom stereocenters. The molecule has 1 N–H and O–H groups in total. The molecule has 0 bridgehead atoms. The van der Waals surface area contributed by atoms with Crippen LogP contribution in [0, 0.1) is 0 Å². The van der Waals surface area contributed by atoms with Crippen LogP contribution in [-0.4, -0.2) is 30.8 Å². The van der Waals surface area contributed by atoms with Crippen molar-refractivity contribution in [2.45, 2.75) is 30.9 Å². The van der Waals surface area contributed by atoms with E-state index >= 15 is 0 Å². The standard InChI is InChI=1S/C9H12F2O5S/c10-9(11,17(13,14)15)6-16-8(12)7-4-2-1-3-5-7/h4H,1-3,5-6H2,(H,13,14,15). The maximum atomic E-state index is 12.7. The Kier molecular flexibility index (Phi) is 4.21. The summed E-state index contributed by atoms with van der Waals surface area (Å²) in [4.78, 5) is 11.3. The van der Waals surface area contributed by atoms with Crippen LogP contribution >= 0.6 is 0 Å². The predicted molar refractivity (Wildman–Crippen MR) is 54.0 cm³/mol. The van der Waals surface area contributed by atoms with Crippen LogP contribution in [0.1, 0.15) is 25.7 Å². The van der Waals surface area contributed by atoms with Gasteiger partial charge in [-0.1, -0.05) is 6.08 Å². The molecule has 17 heavy (non-hydrogen) atoms. The Balaban J connectivity index is 2.57. The van der Waals surface area contributed by atoms with Crippen LogP contribution in [0.25, 0.3) is 0 Å². The number of rotatable bonds is 4. The summed E-state index contributed by atoms with van der Waals surface area (Å²) >= 11 is 0. The number of hydrogen-bond donors (Lipinski definition) is 1. The van der Waals surface area contributed by atoms with Gasteiger partial charge in [-0.15, -0.1) is 0 Å². The van der Waals surface area contributed by atoms with Crippen LogP contribution in [0.2, 0.25) is 0 Å². The van der Waals surface area contributed by atoms with Gasteiger partial charge < -0.3 is 4.74 Å². The predicted octanol–water partition coefficient (Wildman–Crippen LogP) is 1.51. The number of ether oxygens (including phenoxy) is 1. The third kappa shape index (κ3) is 3.74. The number of esters is 1. The van der Waals surface area contributed by atoms with Crippen molar-refractivity contribution in [1.29, 1.82) is 0 Å². The normalized spacial score (nSPS) is 17.5. The van der Waals surface area contributed by atoms with E-state index in [-0.39, 0.29) is 5.57 Å². The highest BCUT2D eigenvalue weighted by atomic mass is 32.2. The molecule has 0 radical (unpaired) electrons. The van der Waals surface area contributed by atoms with Gasteiger partial charge in [0.1, 0.15) is 0 Å². The molecular formula is C9H12F2O5S. The second kappa shape index (κ2) is 5.09. The fourth-order valence-corrected chi connectivity index (χ4v) is 1.55. The van der Waals surface area contributed by atoms with E-state index in [0.29, 0.717) is 12.8 Å². The topological polar surface area (TPSA) is 80.7 Å². The molecule has 0 fully saturated rings. The lowest BCUT2D eigenvalue weighted by Crippen LogP contribution is -2.34. The molecule has 0 amide bonds. The van der Waals surface area contributed by atoms with E-state index in [9.17, 15) is 22.0 Å². The quantitative estimate of drug-likeness (QED) is 0.618. The molecular weight excluding hydrogens is 258 g/mol. The van der Waals surface area contributed by atoms with E-state index in [4.69, 9.17) is 4.55 Å². The zero-order chi connectivity index (χ0) is 13.1. The number of hydrogen-bond acceptors (Lipinski definition) is 4. The van der Waals surface area contributed by atoms with Crippen molar-refractivity contribution in [3.63, 3.8) is 0 Å². The molecule has 0 aromatic heterocycles. The molecule has 5 nitrogen and oxygen atoms in total. The van der Waals surface area contributed by atoms with Crippen molar-refractivity contribution in [2.75, 3.05) is 6.61 Å². The van der Waals surface area contributed by atoms with E-state index in [1.165, 1.54) is 0 Å². The largest absolute Gasteiger partial charge is 0.455 e. The fourth-order valence-electron chi connectivity index (χ4n) is 1.34. The summed E-state index contributed by atoms with van der Waals surface area (Å²) in [5.41, 5.74) is 0.266. The first-order valence-electron chi connectivity index (χ1n) is 4.95. The summed E-state index contributed by atoms with van der Waals surface area (Å²) in [6.45, 7) is -1.68. The molecule has 0 spiro atoms. The summed E-state index contributed by atoms with van der Waals surface area (Å²) in [7, 11) is -5.56. The fraction of sp³-hybridized carbons (Fsp3) is 0.667. The van der Waals surface area contributed by atoms with Gasteiger partial charge in [-0.05, 0) is 25.7 Å². The lowest BCUT2D eigenvalue weighted by Gasteiger charge is -2.15. The SMILES string of the molecule is O=C(OCC(F)(F)S(=O)(=O)O)C1=CCCCC1. The van der Waals surface area contributed by atoms with Crippen LogP contribution in [0.3, 0.4) is 0 Å². The van der Waals surface area contributed by atoms with Crippen LogP contribution in [0.5, 0.6) is 0 Å². The summed E-state index contributed by atoms with van der Waals surface area (Å²) in [6, 6.07) is 0. The highest BCUT2D eigenvalue weighted by Crippen LogP contribution is 2.23. The van der Waals surface area contributed by atoms with Crippen molar-refractivity contribution < 1.29 is 31.3 Å². The van der Waals surface area contributed by atoms with Crippen LogP contribution < -0.4 is 0 Å². The summed E-state index contributed by atoms with van der Waals surface area (Å²) < 4.78 is 58.3. The third-order valence-electron chi connectivity index (χ3n) is 2.30. The molecule has 1 aliphatic carbocycles. The monoisotopic (exact) mass is 270 g/mol. The summed E-state index contributed by atoms with van der Waals surface area (Å²) in [5, 5.41) is -4.47. The van der Waals surface area contributed by atoms with E-state index in [2.05, 4.69) is 4.74 Å². The van der Waals surface area contributed by atoms with Gasteiger partial charge in [-0.25, -0.2) is 4.79 Å². The first-order valence-corrected chi connectivity index (χ1v) is 6.39. The zero-order valence-electron chi connectivity index (χ0n) is 8.86. The van der Waals surface area contributed by atoms with Crippen molar-refractivity contribution in [2.24, 2.45) is 0 Å². The number of alkyl halides is 2. The van der Waals surface area contributed by atoms with Crippen LogP contribution in [0.4, 0.5) is 8.78 Å². The molecule has 98 valence electrons. The van der Waals surface area contributed by atoms with Gasteiger partial charge in [-0.2, -0.15) is 17.2 Å². The zero-order valence-corrected chi connectivity index (χ0v) is 9.67. The average molecular weight is 270 g/mol. The van der Waals surface area contributed by atoms with Gasteiger partial charge in [-0.3, -0.25) is 4.55 Å². The number of carbonyl (C=O) groups is 1. The van der Waals surface area contributed by atoms with E-state index in [1.807, 2.05) is 0 Å². The van der Waals surface area contributed by atoms with Gasteiger partial charge in [0.15, 0.2) is 6.61 Å². The third-order valence-corrected chi connectivity index (χ3v) is 3.17. The lowest BCUT2D eigenvalue weighted by molar-refractivity contribution is -0.145. The molecule has 0 heterocycles. The summed E-state index contributed by atoms with van der Waals surface area (Å²) in [6.07, 6.45) is 4.35. The average Bonchev–Trinajstić information content (AvgIpc) is 2.25. The maximum absolute atomic E-state index is 12.7. The van der Waals surface area contributed by atoms with Gasteiger partial charge in [0, 0.05) is 5.57 Å². The molecule has 0 aromatic rings. The minimum absolute atomic E-state index is 0.266. The van der Waals surface area contributed by atoms with Gasteiger partial charge in [0.05, 0.1) is 0 Å². The highest BCUT2D eigenvalue weighted by molar-refractivity contribution is 7.86. The van der Waals surface area contributed by atoms with Gasteiger partial charge in [0.25, 0.3) is 0 Å². The summed E-state index contributed by atoms with van der Waals surface area (Å²) in [5.74, 6) is -0.965. The van der Waals surface area contributed by atoms with Crippen molar-refractivity contribution in [3.05, 3.63) is 11.6 Å². The van der Waals surface area contributed by atoms with Gasteiger partial charge >= 0.3 is 21.3 Å². The lowest BCUT2D eigenvalue weighted by atomic mass is 10.00. The molecule has 0 saturated heterocycles. The highest BCUT2D eigenvalue weighted by Gasteiger charge is 2.45. The molecule has 1 rings (SSSR count). The first kappa shape index (κ1) is 14.0. The Bertz CT molecular complexity index is 427. The minimum Gasteiger partial charge on any atom is -0.455 e.